The predicted octanol–water partition coefficient (Wildman–Crippen LogP) is 7.56. The maximum Gasteiger partial charge on any atom is 0.461 e. The molecule has 3 nitrogen and oxygen atoms in total. The molecule has 1 aromatic rings. The van der Waals surface area contributed by atoms with Crippen LogP contribution in [-0.2, 0) is 9.31 Å². The van der Waals surface area contributed by atoms with E-state index in [-0.39, 0.29) is 24.2 Å². The Morgan fingerprint density at radius 2 is 1.42 bits per heavy atom. The minimum atomic E-state index is -0.413. The van der Waals surface area contributed by atoms with E-state index in [1.54, 1.807) is 0 Å². The van der Waals surface area contributed by atoms with Gasteiger partial charge < -0.3 is 14.4 Å². The lowest BCUT2D eigenvalue weighted by Crippen LogP contribution is -2.41. The van der Waals surface area contributed by atoms with Crippen LogP contribution in [0.3, 0.4) is 0 Å². The number of aliphatic hydroxyl groups is 1. The third-order valence-electron chi connectivity index (χ3n) is 5.62. The van der Waals surface area contributed by atoms with Gasteiger partial charge in [-0.3, -0.25) is 0 Å². The lowest BCUT2D eigenvalue weighted by Gasteiger charge is -2.32. The first kappa shape index (κ1) is 29.4. The highest BCUT2D eigenvalue weighted by molar-refractivity contribution is 6.46. The second-order valence-electron chi connectivity index (χ2n) is 8.66. The van der Waals surface area contributed by atoms with Gasteiger partial charge in [0.05, 0.1) is 17.3 Å². The van der Waals surface area contributed by atoms with Crippen molar-refractivity contribution in [2.45, 2.75) is 91.4 Å². The van der Waals surface area contributed by atoms with E-state index in [0.717, 1.165) is 18.3 Å². The van der Waals surface area contributed by atoms with Gasteiger partial charge in [-0.25, -0.2) is 0 Å². The van der Waals surface area contributed by atoms with Crippen LogP contribution in [0, 0.1) is 5.92 Å². The second-order valence-corrected chi connectivity index (χ2v) is 8.66. The monoisotopic (exact) mass is 428 g/mol. The van der Waals surface area contributed by atoms with Crippen LogP contribution in [0.15, 0.2) is 67.8 Å². The van der Waals surface area contributed by atoms with E-state index in [1.165, 1.54) is 12.8 Å². The van der Waals surface area contributed by atoms with Crippen LogP contribution >= 0.6 is 0 Å². The van der Waals surface area contributed by atoms with Gasteiger partial charge in [0.15, 0.2) is 0 Å². The summed E-state index contributed by atoms with van der Waals surface area (Å²) in [7, 11) is -0.118. The van der Waals surface area contributed by atoms with Crippen LogP contribution in [-0.4, -0.2) is 23.4 Å². The van der Waals surface area contributed by atoms with Crippen molar-refractivity contribution in [3.05, 3.63) is 73.4 Å². The molecular weight excluding hydrogens is 383 g/mol. The molecule has 1 heterocycles. The van der Waals surface area contributed by atoms with Gasteiger partial charge in [-0.1, -0.05) is 75.4 Å². The van der Waals surface area contributed by atoms with E-state index in [1.807, 2.05) is 42.5 Å². The average molecular weight is 428 g/mol. The van der Waals surface area contributed by atoms with E-state index in [4.69, 9.17) is 9.31 Å². The van der Waals surface area contributed by atoms with Crippen molar-refractivity contribution in [3.8, 4) is 0 Å². The van der Waals surface area contributed by atoms with Crippen LogP contribution < -0.4 is 0 Å². The Morgan fingerprint density at radius 1 is 0.935 bits per heavy atom. The lowest BCUT2D eigenvalue weighted by molar-refractivity contribution is 0.00578. The Morgan fingerprint density at radius 3 is 1.77 bits per heavy atom. The Labute approximate surface area is 192 Å². The summed E-state index contributed by atoms with van der Waals surface area (Å²) in [5, 5.41) is 9.91. The average Bonchev–Trinajstić information content (AvgIpc) is 2.95. The van der Waals surface area contributed by atoms with Gasteiger partial charge in [0.25, 0.3) is 0 Å². The van der Waals surface area contributed by atoms with Crippen LogP contribution in [0.4, 0.5) is 0 Å². The first-order valence-corrected chi connectivity index (χ1v) is 11.6. The zero-order chi connectivity index (χ0) is 23.9. The summed E-state index contributed by atoms with van der Waals surface area (Å²) in [5.41, 5.74) is 0.552. The minimum Gasteiger partial charge on any atom is -0.403 e. The maximum absolute atomic E-state index is 9.91. The molecule has 1 fully saturated rings. The summed E-state index contributed by atoms with van der Waals surface area (Å²) < 4.78 is 11.4. The number of aliphatic hydroxyl groups excluding tert-OH is 1. The Balaban J connectivity index is 0.000000466. The van der Waals surface area contributed by atoms with Crippen molar-refractivity contribution in [1.29, 1.82) is 0 Å². The van der Waals surface area contributed by atoms with Crippen molar-refractivity contribution in [3.63, 3.8) is 0 Å². The summed E-state index contributed by atoms with van der Waals surface area (Å²) in [4.78, 5) is 0. The largest absolute Gasteiger partial charge is 0.461 e. The summed E-state index contributed by atoms with van der Waals surface area (Å²) in [5.74, 6) is 0.155. The van der Waals surface area contributed by atoms with Gasteiger partial charge in [-0.15, -0.1) is 13.2 Å². The molecule has 0 saturated carbocycles. The number of hydrogen-bond donors (Lipinski definition) is 1. The molecule has 1 aromatic carbocycles. The molecule has 2 atom stereocenters. The Kier molecular flexibility index (Phi) is 14.4. The molecule has 0 radical (unpaired) electrons. The topological polar surface area (TPSA) is 38.7 Å². The van der Waals surface area contributed by atoms with Gasteiger partial charge in [-0.05, 0) is 52.5 Å². The third kappa shape index (κ3) is 10.5. The van der Waals surface area contributed by atoms with E-state index in [2.05, 4.69) is 73.8 Å². The molecule has 0 amide bonds. The summed E-state index contributed by atoms with van der Waals surface area (Å²) in [6.07, 6.45) is 11.6. The molecule has 0 unspecified atom stereocenters. The highest BCUT2D eigenvalue weighted by Crippen LogP contribution is 2.37. The first-order valence-electron chi connectivity index (χ1n) is 11.6. The van der Waals surface area contributed by atoms with Gasteiger partial charge in [0.2, 0.25) is 0 Å². The molecule has 1 aliphatic heterocycles. The molecule has 2 rings (SSSR count). The molecule has 174 valence electrons. The Bertz CT molecular complexity index is 615. The van der Waals surface area contributed by atoms with E-state index < -0.39 is 6.10 Å². The zero-order valence-electron chi connectivity index (χ0n) is 20.9. The van der Waals surface area contributed by atoms with E-state index >= 15 is 0 Å². The molecule has 0 spiro atoms. The zero-order valence-corrected chi connectivity index (χ0v) is 20.9. The van der Waals surface area contributed by atoms with Crippen LogP contribution in [0.2, 0.25) is 6.32 Å². The minimum absolute atomic E-state index is 0.118. The lowest BCUT2D eigenvalue weighted by atomic mass is 9.85. The van der Waals surface area contributed by atoms with Crippen molar-refractivity contribution in [2.75, 3.05) is 0 Å². The molecule has 0 aliphatic carbocycles. The fourth-order valence-electron chi connectivity index (χ4n) is 2.95. The van der Waals surface area contributed by atoms with Gasteiger partial charge in [-0.2, -0.15) is 0 Å². The first-order chi connectivity index (χ1) is 14.6. The molecule has 4 heteroatoms. The molecule has 1 saturated heterocycles. The quantitative estimate of drug-likeness (QED) is 0.343. The summed E-state index contributed by atoms with van der Waals surface area (Å²) in [6.45, 7) is 21.9. The van der Waals surface area contributed by atoms with Crippen molar-refractivity contribution < 1.29 is 14.4 Å². The van der Waals surface area contributed by atoms with Gasteiger partial charge >= 0.3 is 7.12 Å². The van der Waals surface area contributed by atoms with Crippen LogP contribution in [0.1, 0.15) is 79.4 Å². The predicted molar refractivity (Wildman–Crippen MR) is 136 cm³/mol. The summed E-state index contributed by atoms with van der Waals surface area (Å²) in [6, 6.07) is 9.71. The number of hydrogen-bond acceptors (Lipinski definition) is 3. The number of allylic oxidation sites excluding steroid dienone is 3. The standard InChI is InChI=1S/C12H16O.C9H17BO2.C6H12/c1-3-10(4-2)12(13)11-8-6-5-7-9-11;1-6-7-10-11-8(2,3)9(4,5)12-10;1-3-5-6-4-2/h3,5-10,12-13H,1,4H2,2H3;6H,1,7H2,2-5H3;5-6H,3-4H2,1-2H3/b;;6-5-/t10-,12+;;/m0../s1. The van der Waals surface area contributed by atoms with Crippen LogP contribution in [0.25, 0.3) is 0 Å². The van der Waals surface area contributed by atoms with Crippen molar-refractivity contribution >= 4 is 7.12 Å². The molecule has 1 N–H and O–H groups in total. The van der Waals surface area contributed by atoms with E-state index in [9.17, 15) is 5.11 Å². The SMILES string of the molecule is C=CCB1OC(C)(C)C(C)(C)O1.C=C[C@@H](CC)[C@@H](O)c1ccccc1.CC/C=C\CC. The number of rotatable bonds is 8. The highest BCUT2D eigenvalue weighted by Gasteiger charge is 2.50. The van der Waals surface area contributed by atoms with Crippen molar-refractivity contribution in [2.24, 2.45) is 5.92 Å². The normalized spacial score (nSPS) is 18.3. The van der Waals surface area contributed by atoms with Gasteiger partial charge in [0, 0.05) is 12.2 Å². The van der Waals surface area contributed by atoms with E-state index in [0.29, 0.717) is 0 Å². The number of benzene rings is 1. The van der Waals surface area contributed by atoms with Gasteiger partial charge in [0.1, 0.15) is 0 Å². The fraction of sp³-hybridized carbons (Fsp3) is 0.556. The summed E-state index contributed by atoms with van der Waals surface area (Å²) >= 11 is 0. The molecular formula is C27H45BO3. The van der Waals surface area contributed by atoms with Crippen molar-refractivity contribution in [1.82, 2.24) is 0 Å². The Hall–Kier alpha value is -1.62. The second kappa shape index (κ2) is 15.2. The molecule has 0 bridgehead atoms. The molecule has 31 heavy (non-hydrogen) atoms. The fourth-order valence-corrected chi connectivity index (χ4v) is 2.95. The smallest absolute Gasteiger partial charge is 0.403 e. The highest BCUT2D eigenvalue weighted by atomic mass is 16.7. The maximum atomic E-state index is 9.91. The van der Waals surface area contributed by atoms with Crippen LogP contribution in [0.5, 0.6) is 0 Å². The molecule has 0 aromatic heterocycles. The third-order valence-corrected chi connectivity index (χ3v) is 5.62. The molecule has 1 aliphatic rings.